The van der Waals surface area contributed by atoms with E-state index >= 15 is 0 Å². The summed E-state index contributed by atoms with van der Waals surface area (Å²) < 4.78 is 7.34. The van der Waals surface area contributed by atoms with Gasteiger partial charge in [-0.05, 0) is 44.2 Å². The zero-order valence-electron chi connectivity index (χ0n) is 12.7. The van der Waals surface area contributed by atoms with Gasteiger partial charge in [-0.1, -0.05) is 0 Å². The molecule has 112 valence electrons. The molecule has 0 unspecified atom stereocenters. The van der Waals surface area contributed by atoms with Crippen molar-refractivity contribution in [3.8, 4) is 11.4 Å². The lowest BCUT2D eigenvalue weighted by Gasteiger charge is -2.10. The third-order valence-electron chi connectivity index (χ3n) is 4.25. The highest BCUT2D eigenvalue weighted by Gasteiger charge is 2.29. The van der Waals surface area contributed by atoms with E-state index < -0.39 is 0 Å². The van der Waals surface area contributed by atoms with Crippen molar-refractivity contribution < 1.29 is 4.74 Å². The predicted molar refractivity (Wildman–Crippen MR) is 80.9 cm³/mol. The summed E-state index contributed by atoms with van der Waals surface area (Å²) in [7, 11) is 1.78. The molecule has 5 nitrogen and oxygen atoms in total. The molecule has 0 aromatic carbocycles. The molecule has 0 spiro atoms. The third-order valence-corrected chi connectivity index (χ3v) is 4.25. The minimum Gasteiger partial charge on any atom is -0.384 e. The molecule has 3 rings (SSSR count). The van der Waals surface area contributed by atoms with Gasteiger partial charge in [0.05, 0.1) is 0 Å². The average Bonchev–Trinajstić information content (AvgIpc) is 3.14. The summed E-state index contributed by atoms with van der Waals surface area (Å²) in [5.41, 5.74) is 1.03. The van der Waals surface area contributed by atoms with Crippen LogP contribution in [0.1, 0.15) is 37.9 Å². The lowest BCUT2D eigenvalue weighted by molar-refractivity contribution is 0.154. The van der Waals surface area contributed by atoms with Gasteiger partial charge in [0.1, 0.15) is 5.82 Å². The summed E-state index contributed by atoms with van der Waals surface area (Å²) in [6.07, 6.45) is 7.13. The van der Waals surface area contributed by atoms with Crippen LogP contribution in [0.4, 0.5) is 0 Å². The smallest absolute Gasteiger partial charge is 0.181 e. The Labute approximate surface area is 125 Å². The van der Waals surface area contributed by atoms with E-state index in [9.17, 15) is 0 Å². The first-order valence-corrected chi connectivity index (χ1v) is 7.66. The Morgan fingerprint density at radius 3 is 2.81 bits per heavy atom. The molecule has 2 atom stereocenters. The molecule has 5 heteroatoms. The minimum atomic E-state index is 0.508. The first-order chi connectivity index (χ1) is 10.3. The summed E-state index contributed by atoms with van der Waals surface area (Å²) in [4.78, 5) is 8.86. The van der Waals surface area contributed by atoms with Gasteiger partial charge in [0.2, 0.25) is 0 Å². The van der Waals surface area contributed by atoms with E-state index in [1.807, 2.05) is 12.1 Å². The lowest BCUT2D eigenvalue weighted by Crippen LogP contribution is -2.09. The molecule has 2 aromatic heterocycles. The van der Waals surface area contributed by atoms with Crippen LogP contribution in [0.3, 0.4) is 0 Å². The highest BCUT2D eigenvalue weighted by atomic mass is 16.5. The van der Waals surface area contributed by atoms with Crippen molar-refractivity contribution in [1.82, 2.24) is 19.7 Å². The van der Waals surface area contributed by atoms with Crippen molar-refractivity contribution >= 4 is 0 Å². The molecule has 2 heterocycles. The SMILES string of the molecule is CCn1nc(-c2ccncc2)nc1[C@@H]1CC[C@H](COC)C1. The van der Waals surface area contributed by atoms with Crippen molar-refractivity contribution in [3.63, 3.8) is 0 Å². The average molecular weight is 286 g/mol. The molecule has 21 heavy (non-hydrogen) atoms. The number of nitrogens with zero attached hydrogens (tertiary/aromatic N) is 4. The second-order valence-electron chi connectivity index (χ2n) is 5.68. The van der Waals surface area contributed by atoms with E-state index in [1.54, 1.807) is 19.5 Å². The van der Waals surface area contributed by atoms with Gasteiger partial charge in [0.15, 0.2) is 5.82 Å². The first kappa shape index (κ1) is 14.2. The fraction of sp³-hybridized carbons (Fsp3) is 0.562. The lowest BCUT2D eigenvalue weighted by atomic mass is 10.0. The van der Waals surface area contributed by atoms with Crippen molar-refractivity contribution in [3.05, 3.63) is 30.4 Å². The molecule has 2 aromatic rings. The van der Waals surface area contributed by atoms with E-state index in [-0.39, 0.29) is 0 Å². The number of rotatable bonds is 5. The fourth-order valence-electron chi connectivity index (χ4n) is 3.21. The summed E-state index contributed by atoms with van der Waals surface area (Å²) >= 11 is 0. The number of aromatic nitrogens is 4. The maximum absolute atomic E-state index is 5.29. The number of pyridine rings is 1. The summed E-state index contributed by atoms with van der Waals surface area (Å²) in [6.45, 7) is 3.84. The van der Waals surface area contributed by atoms with Gasteiger partial charge in [-0.25, -0.2) is 9.67 Å². The van der Waals surface area contributed by atoms with Crippen molar-refractivity contribution in [2.75, 3.05) is 13.7 Å². The molecule has 0 bridgehead atoms. The van der Waals surface area contributed by atoms with Crippen LogP contribution in [0, 0.1) is 5.92 Å². The Morgan fingerprint density at radius 2 is 2.10 bits per heavy atom. The topological polar surface area (TPSA) is 52.8 Å². The quantitative estimate of drug-likeness (QED) is 0.848. The Balaban J connectivity index is 1.84. The highest BCUT2D eigenvalue weighted by molar-refractivity contribution is 5.53. The zero-order chi connectivity index (χ0) is 14.7. The number of hydrogen-bond donors (Lipinski definition) is 0. The van der Waals surface area contributed by atoms with Gasteiger partial charge in [-0.15, -0.1) is 0 Å². The van der Waals surface area contributed by atoms with Crippen molar-refractivity contribution in [2.24, 2.45) is 5.92 Å². The molecule has 0 saturated heterocycles. The van der Waals surface area contributed by atoms with E-state index in [0.717, 1.165) is 36.8 Å². The summed E-state index contributed by atoms with van der Waals surface area (Å²) in [6, 6.07) is 3.92. The fourth-order valence-corrected chi connectivity index (χ4v) is 3.21. The highest BCUT2D eigenvalue weighted by Crippen LogP contribution is 2.38. The monoisotopic (exact) mass is 286 g/mol. The minimum absolute atomic E-state index is 0.508. The maximum atomic E-state index is 5.29. The molecule has 0 amide bonds. The van der Waals surface area contributed by atoms with Crippen LogP contribution < -0.4 is 0 Å². The van der Waals surface area contributed by atoms with E-state index in [1.165, 1.54) is 12.8 Å². The van der Waals surface area contributed by atoms with Crippen LogP contribution in [0.25, 0.3) is 11.4 Å². The molecular formula is C16H22N4O. The van der Waals surface area contributed by atoms with Gasteiger partial charge >= 0.3 is 0 Å². The molecule has 1 fully saturated rings. The van der Waals surface area contributed by atoms with Gasteiger partial charge < -0.3 is 4.74 Å². The van der Waals surface area contributed by atoms with Crippen LogP contribution in [-0.4, -0.2) is 33.5 Å². The Kier molecular flexibility index (Phi) is 4.29. The number of ether oxygens (including phenoxy) is 1. The van der Waals surface area contributed by atoms with Gasteiger partial charge in [-0.3, -0.25) is 4.98 Å². The van der Waals surface area contributed by atoms with E-state index in [0.29, 0.717) is 11.8 Å². The van der Waals surface area contributed by atoms with Crippen molar-refractivity contribution in [1.29, 1.82) is 0 Å². The van der Waals surface area contributed by atoms with Crippen molar-refractivity contribution in [2.45, 2.75) is 38.6 Å². The molecule has 0 radical (unpaired) electrons. The zero-order valence-corrected chi connectivity index (χ0v) is 12.7. The molecule has 0 aliphatic heterocycles. The Bertz CT molecular complexity index is 581. The standard InChI is InChI=1S/C16H22N4O/c1-3-20-16(14-5-4-12(10-14)11-21-2)18-15(19-20)13-6-8-17-9-7-13/h6-9,12,14H,3-5,10-11H2,1-2H3/t12-,14+/m0/s1. The second kappa shape index (κ2) is 6.35. The van der Waals surface area contributed by atoms with Crippen LogP contribution >= 0.6 is 0 Å². The van der Waals surface area contributed by atoms with Gasteiger partial charge in [0, 0.05) is 44.1 Å². The molecule has 0 N–H and O–H groups in total. The normalized spacial score (nSPS) is 21.8. The first-order valence-electron chi connectivity index (χ1n) is 7.66. The van der Waals surface area contributed by atoms with Gasteiger partial charge in [-0.2, -0.15) is 5.10 Å². The maximum Gasteiger partial charge on any atom is 0.181 e. The van der Waals surface area contributed by atoms with E-state index in [2.05, 4.69) is 21.7 Å². The molecule has 1 saturated carbocycles. The molecule has 1 aliphatic rings. The van der Waals surface area contributed by atoms with Crippen LogP contribution in [0.15, 0.2) is 24.5 Å². The number of methoxy groups -OCH3 is 1. The second-order valence-corrected chi connectivity index (χ2v) is 5.68. The van der Waals surface area contributed by atoms with Gasteiger partial charge in [0.25, 0.3) is 0 Å². The van der Waals surface area contributed by atoms with Crippen LogP contribution in [-0.2, 0) is 11.3 Å². The molecule has 1 aliphatic carbocycles. The molecular weight excluding hydrogens is 264 g/mol. The number of aryl methyl sites for hydroxylation is 1. The number of hydrogen-bond acceptors (Lipinski definition) is 4. The largest absolute Gasteiger partial charge is 0.384 e. The third kappa shape index (κ3) is 2.97. The summed E-state index contributed by atoms with van der Waals surface area (Å²) in [5.74, 6) is 3.10. The summed E-state index contributed by atoms with van der Waals surface area (Å²) in [5, 5.41) is 4.66. The van der Waals surface area contributed by atoms with Crippen LogP contribution in [0.5, 0.6) is 0 Å². The Morgan fingerprint density at radius 1 is 1.29 bits per heavy atom. The van der Waals surface area contributed by atoms with E-state index in [4.69, 9.17) is 9.72 Å². The van der Waals surface area contributed by atoms with Crippen LogP contribution in [0.2, 0.25) is 0 Å². The Hall–Kier alpha value is -1.75. The predicted octanol–water partition coefficient (Wildman–Crippen LogP) is 2.89.